The van der Waals surface area contributed by atoms with Crippen molar-refractivity contribution in [2.75, 3.05) is 0 Å². The van der Waals surface area contributed by atoms with Gasteiger partial charge in [0.2, 0.25) is 0 Å². The van der Waals surface area contributed by atoms with Crippen molar-refractivity contribution in [2.45, 2.75) is 0 Å². The van der Waals surface area contributed by atoms with Crippen molar-refractivity contribution in [3.63, 3.8) is 0 Å². The Morgan fingerprint density at radius 3 is 1.20 bits per heavy atom. The summed E-state index contributed by atoms with van der Waals surface area (Å²) in [5, 5.41) is 0. The zero-order chi connectivity index (χ0) is 2.00. The Bertz CT molecular complexity index is 11.6. The Balaban J connectivity index is -0.00000000167. The Morgan fingerprint density at radius 1 is 1.20 bits per heavy atom. The molecule has 0 bridgehead atoms. The fourth-order valence-corrected chi connectivity index (χ4v) is 0. The van der Waals surface area contributed by atoms with Crippen LogP contribution in [0, 0.1) is 0 Å². The maximum Gasteiger partial charge on any atom is 0 e. The molecule has 3 radical (unpaired) electrons. The summed E-state index contributed by atoms with van der Waals surface area (Å²) in [4.78, 5) is 0. The first-order chi connectivity index (χ1) is 1.00. The first-order valence-corrected chi connectivity index (χ1v) is 0.508. The van der Waals surface area contributed by atoms with E-state index in [1.54, 1.807) is 0 Å². The van der Waals surface area contributed by atoms with Crippen LogP contribution in [0.25, 0.3) is 0 Å². The second kappa shape index (κ2) is 28.2. The van der Waals surface area contributed by atoms with Crippen LogP contribution in [0.5, 0.6) is 0 Å². The average Bonchev–Trinajstić information content (AvgIpc) is 1.00. The van der Waals surface area contributed by atoms with E-state index in [2.05, 4.69) is 15.9 Å². The summed E-state index contributed by atoms with van der Waals surface area (Å²) >= 11 is 2.94. The zero-order valence-corrected chi connectivity index (χ0v) is 10.9. The molecule has 0 aromatic rings. The van der Waals surface area contributed by atoms with Gasteiger partial charge in [0.1, 0.15) is 0 Å². The molecule has 0 atom stereocenters. The maximum absolute atomic E-state index is 7.81. The molecule has 0 amide bonds. The maximum atomic E-state index is 7.81. The van der Waals surface area contributed by atoms with E-state index in [0.717, 1.165) is 0 Å². The van der Waals surface area contributed by atoms with Crippen LogP contribution in [-0.4, -0.2) is 48.9 Å². The van der Waals surface area contributed by atoms with Crippen molar-refractivity contribution in [3.8, 4) is 0 Å². The third kappa shape index (κ3) is 19.6. The second-order valence-electron chi connectivity index (χ2n) is 0. The Labute approximate surface area is 105 Å². The third-order valence-electron chi connectivity index (χ3n) is 0. The van der Waals surface area contributed by atoms with Gasteiger partial charge in [-0.05, 0) is 0 Å². The first kappa shape index (κ1) is 24.6. The normalized spacial score (nSPS) is 1.20. The van der Waals surface area contributed by atoms with Crippen LogP contribution in [-0.2, 0) is 52.5 Å². The van der Waals surface area contributed by atoms with Crippen molar-refractivity contribution >= 4 is 48.9 Å². The molecule has 0 saturated carbocycles. The van der Waals surface area contributed by atoms with Gasteiger partial charge >= 0.3 is 19.8 Å². The fraction of sp³-hybridized carbons (Fsp3) is 0. The SMILES string of the molecule is N.[Ba].[O]=[Cu].[Y]. The van der Waals surface area contributed by atoms with E-state index in [9.17, 15) is 0 Å². The monoisotopic (exact) mass is 323 g/mol. The molecule has 5 heteroatoms. The summed E-state index contributed by atoms with van der Waals surface area (Å²) in [5.41, 5.74) is 0. The van der Waals surface area contributed by atoms with Crippen molar-refractivity contribution < 1.29 is 52.5 Å². The van der Waals surface area contributed by atoms with Gasteiger partial charge in [-0.1, -0.05) is 0 Å². The largest absolute Gasteiger partial charge is 0 e. The summed E-state index contributed by atoms with van der Waals surface area (Å²) in [6.07, 6.45) is 0. The van der Waals surface area contributed by atoms with Gasteiger partial charge in [-0.2, -0.15) is 0 Å². The van der Waals surface area contributed by atoms with Crippen molar-refractivity contribution in [3.05, 3.63) is 0 Å². The predicted molar refractivity (Wildman–Crippen MR) is 11.5 cm³/mol. The molecule has 0 saturated heterocycles. The summed E-state index contributed by atoms with van der Waals surface area (Å²) in [5.74, 6) is 0. The van der Waals surface area contributed by atoms with Crippen LogP contribution in [0.2, 0.25) is 0 Å². The summed E-state index contributed by atoms with van der Waals surface area (Å²) in [6.45, 7) is 0. The van der Waals surface area contributed by atoms with Crippen LogP contribution < -0.4 is 6.15 Å². The third-order valence-corrected chi connectivity index (χ3v) is 0. The minimum atomic E-state index is 0. The molecular weight excluding hydrogens is 320 g/mol. The van der Waals surface area contributed by atoms with Crippen LogP contribution in [0.1, 0.15) is 0 Å². The van der Waals surface area contributed by atoms with Crippen LogP contribution in [0.3, 0.4) is 0 Å². The molecule has 5 heavy (non-hydrogen) atoms. The Morgan fingerprint density at radius 2 is 1.20 bits per heavy atom. The molecule has 0 unspecified atom stereocenters. The van der Waals surface area contributed by atoms with Gasteiger partial charge in [-0.3, -0.25) is 0 Å². The molecule has 0 aromatic carbocycles. The van der Waals surface area contributed by atoms with Gasteiger partial charge in [0.05, 0.1) is 0 Å². The van der Waals surface area contributed by atoms with E-state index in [1.165, 1.54) is 0 Å². The molecule has 3 N–H and O–H groups in total. The van der Waals surface area contributed by atoms with E-state index < -0.39 is 0 Å². The standard InChI is InChI=1S/Ba.Cu.H3N.O.Y/h;;1H3;;. The van der Waals surface area contributed by atoms with Crippen LogP contribution in [0.4, 0.5) is 0 Å². The fourth-order valence-electron chi connectivity index (χ4n) is 0. The quantitative estimate of drug-likeness (QED) is 0.620. The molecule has 0 fully saturated rings. The molecule has 0 aliphatic carbocycles. The second-order valence-corrected chi connectivity index (χ2v) is 0. The van der Waals surface area contributed by atoms with Gasteiger partial charge in [-0.15, -0.1) is 0 Å². The number of rotatable bonds is 0. The first-order valence-electron chi connectivity index (χ1n) is 0.123. The van der Waals surface area contributed by atoms with E-state index >= 15 is 0 Å². The zero-order valence-electron chi connectivity index (χ0n) is 2.70. The summed E-state index contributed by atoms with van der Waals surface area (Å²) < 4.78 is 7.81. The summed E-state index contributed by atoms with van der Waals surface area (Å²) in [7, 11) is 0. The predicted octanol–water partition coefficient (Wildman–Crippen LogP) is -0.343. The van der Waals surface area contributed by atoms with E-state index in [-0.39, 0.29) is 87.7 Å². The van der Waals surface area contributed by atoms with E-state index in [0.29, 0.717) is 0 Å². The molecule has 2 nitrogen and oxygen atoms in total. The summed E-state index contributed by atoms with van der Waals surface area (Å²) in [6, 6.07) is 0. The Hall–Kier alpha value is 2.95. The number of hydrogen-bond donors (Lipinski definition) is 1. The van der Waals surface area contributed by atoms with Crippen molar-refractivity contribution in [2.24, 2.45) is 0 Å². The van der Waals surface area contributed by atoms with Crippen molar-refractivity contribution in [1.29, 1.82) is 0 Å². The topological polar surface area (TPSA) is 52.1 Å². The molecule has 0 aliphatic heterocycles. The van der Waals surface area contributed by atoms with Crippen molar-refractivity contribution in [1.82, 2.24) is 6.15 Å². The molecule has 0 heterocycles. The minimum absolute atomic E-state index is 0. The molecule has 0 spiro atoms. The molecular formula is H3BaCuNOY. The molecule has 0 aliphatic rings. The minimum Gasteiger partial charge on any atom is 0 e. The smallest absolute Gasteiger partial charge is 0 e. The average molecular weight is 323 g/mol. The van der Waals surface area contributed by atoms with E-state index in [1.807, 2.05) is 0 Å². The molecule has 0 rings (SSSR count). The number of hydrogen-bond acceptors (Lipinski definition) is 2. The van der Waals surface area contributed by atoms with Gasteiger partial charge in [0, 0.05) is 81.6 Å². The van der Waals surface area contributed by atoms with Crippen LogP contribution >= 0.6 is 0 Å². The molecule has 30 valence electrons. The van der Waals surface area contributed by atoms with Gasteiger partial charge < -0.3 is 6.15 Å². The van der Waals surface area contributed by atoms with Gasteiger partial charge in [0.15, 0.2) is 0 Å². The van der Waals surface area contributed by atoms with Crippen LogP contribution in [0.15, 0.2) is 0 Å². The van der Waals surface area contributed by atoms with E-state index in [4.69, 9.17) is 3.83 Å². The van der Waals surface area contributed by atoms with Gasteiger partial charge in [0.25, 0.3) is 0 Å². The van der Waals surface area contributed by atoms with Gasteiger partial charge in [-0.25, -0.2) is 0 Å². The Kier molecular flexibility index (Phi) is 139. The molecule has 0 aromatic heterocycles.